The number of carbonyl (C=O) groups excluding carboxylic acids is 1. The molecule has 0 radical (unpaired) electrons. The van der Waals surface area contributed by atoms with E-state index < -0.39 is 0 Å². The highest BCUT2D eigenvalue weighted by Crippen LogP contribution is 2.35. The van der Waals surface area contributed by atoms with Crippen LogP contribution < -0.4 is 5.32 Å². The highest BCUT2D eigenvalue weighted by Gasteiger charge is 2.23. The highest BCUT2D eigenvalue weighted by molar-refractivity contribution is 5.94. The molecule has 0 saturated heterocycles. The SMILES string of the molecule is C[C@H]1CCc2c(cc(-c3ccccc3)n2-c2ccc(C(=O)NCc3ccco3)cc2)C1. The lowest BCUT2D eigenvalue weighted by molar-refractivity contribution is 0.0948. The second kappa shape index (κ2) is 8.31. The van der Waals surface area contributed by atoms with E-state index in [1.807, 2.05) is 36.4 Å². The molecule has 2 aromatic carbocycles. The van der Waals surface area contributed by atoms with Crippen molar-refractivity contribution >= 4 is 5.91 Å². The smallest absolute Gasteiger partial charge is 0.251 e. The van der Waals surface area contributed by atoms with Crippen molar-refractivity contribution < 1.29 is 9.21 Å². The number of hydrogen-bond acceptors (Lipinski definition) is 2. The van der Waals surface area contributed by atoms with E-state index >= 15 is 0 Å². The summed E-state index contributed by atoms with van der Waals surface area (Å²) >= 11 is 0. The van der Waals surface area contributed by atoms with Crippen molar-refractivity contribution in [1.82, 2.24) is 9.88 Å². The molecular formula is C27H26N2O2. The number of amides is 1. The first-order valence-corrected chi connectivity index (χ1v) is 10.9. The third-order valence-corrected chi connectivity index (χ3v) is 6.10. The summed E-state index contributed by atoms with van der Waals surface area (Å²) in [6, 6.07) is 24.5. The van der Waals surface area contributed by atoms with Gasteiger partial charge in [-0.15, -0.1) is 0 Å². The quantitative estimate of drug-likeness (QED) is 0.452. The topological polar surface area (TPSA) is 47.2 Å². The van der Waals surface area contributed by atoms with E-state index in [1.54, 1.807) is 6.26 Å². The van der Waals surface area contributed by atoms with Crippen molar-refractivity contribution in [3.63, 3.8) is 0 Å². The minimum atomic E-state index is -0.102. The monoisotopic (exact) mass is 410 g/mol. The maximum absolute atomic E-state index is 12.5. The number of fused-ring (bicyclic) bond motifs is 1. The van der Waals surface area contributed by atoms with E-state index in [2.05, 4.69) is 53.2 Å². The van der Waals surface area contributed by atoms with Gasteiger partial charge in [-0.25, -0.2) is 0 Å². The van der Waals surface area contributed by atoms with Gasteiger partial charge in [0.15, 0.2) is 0 Å². The number of aromatic nitrogens is 1. The van der Waals surface area contributed by atoms with E-state index in [0.29, 0.717) is 18.0 Å². The lowest BCUT2D eigenvalue weighted by Gasteiger charge is -2.21. The molecule has 0 spiro atoms. The second-order valence-electron chi connectivity index (χ2n) is 8.36. The molecule has 1 aliphatic rings. The Labute approximate surface area is 182 Å². The van der Waals surface area contributed by atoms with E-state index in [0.717, 1.165) is 24.3 Å². The highest BCUT2D eigenvalue weighted by atomic mass is 16.3. The molecule has 0 unspecified atom stereocenters. The molecule has 0 aliphatic heterocycles. The van der Waals surface area contributed by atoms with Crippen LogP contribution in [0.5, 0.6) is 0 Å². The van der Waals surface area contributed by atoms with Gasteiger partial charge in [-0.05, 0) is 78.8 Å². The summed E-state index contributed by atoms with van der Waals surface area (Å²) in [6.45, 7) is 2.72. The molecule has 2 heterocycles. The van der Waals surface area contributed by atoms with Gasteiger partial charge in [-0.3, -0.25) is 4.79 Å². The molecule has 2 aromatic heterocycles. The maximum Gasteiger partial charge on any atom is 0.251 e. The van der Waals surface area contributed by atoms with Crippen LogP contribution >= 0.6 is 0 Å². The molecule has 4 aromatic rings. The molecule has 0 saturated carbocycles. The number of hydrogen-bond donors (Lipinski definition) is 1. The lowest BCUT2D eigenvalue weighted by Crippen LogP contribution is -2.22. The number of benzene rings is 2. The normalized spacial score (nSPS) is 15.5. The van der Waals surface area contributed by atoms with E-state index in [1.165, 1.54) is 28.9 Å². The fourth-order valence-electron chi connectivity index (χ4n) is 4.47. The molecular weight excluding hydrogens is 384 g/mol. The zero-order valence-electron chi connectivity index (χ0n) is 17.7. The van der Waals surface area contributed by atoms with Crippen LogP contribution in [0, 0.1) is 5.92 Å². The van der Waals surface area contributed by atoms with Crippen LogP contribution in [0.3, 0.4) is 0 Å². The number of furan rings is 1. The summed E-state index contributed by atoms with van der Waals surface area (Å²) in [5, 5.41) is 2.91. The Kier molecular flexibility index (Phi) is 5.21. The van der Waals surface area contributed by atoms with Gasteiger partial charge in [0, 0.05) is 16.9 Å². The van der Waals surface area contributed by atoms with Crippen molar-refractivity contribution in [3.05, 3.63) is 102 Å². The molecule has 5 rings (SSSR count). The summed E-state index contributed by atoms with van der Waals surface area (Å²) in [6.07, 6.45) is 5.02. The molecule has 1 N–H and O–H groups in total. The summed E-state index contributed by atoms with van der Waals surface area (Å²) < 4.78 is 7.66. The van der Waals surface area contributed by atoms with Crippen molar-refractivity contribution in [2.75, 3.05) is 0 Å². The summed E-state index contributed by atoms with van der Waals surface area (Å²) in [5.41, 5.74) is 7.01. The fraction of sp³-hybridized carbons (Fsp3) is 0.222. The van der Waals surface area contributed by atoms with Crippen LogP contribution in [0.4, 0.5) is 0 Å². The Balaban J connectivity index is 1.46. The number of rotatable bonds is 5. The van der Waals surface area contributed by atoms with Crippen LogP contribution in [-0.2, 0) is 19.4 Å². The van der Waals surface area contributed by atoms with E-state index in [9.17, 15) is 4.79 Å². The van der Waals surface area contributed by atoms with Crippen LogP contribution in [0.15, 0.2) is 83.5 Å². The molecule has 4 nitrogen and oxygen atoms in total. The predicted octanol–water partition coefficient (Wildman–Crippen LogP) is 5.79. The Morgan fingerprint density at radius 3 is 2.61 bits per heavy atom. The predicted molar refractivity (Wildman–Crippen MR) is 122 cm³/mol. The first-order valence-electron chi connectivity index (χ1n) is 10.9. The average Bonchev–Trinajstić information content (AvgIpc) is 3.46. The Bertz CT molecular complexity index is 1170. The molecule has 0 fully saturated rings. The van der Waals surface area contributed by atoms with Crippen molar-refractivity contribution in [1.29, 1.82) is 0 Å². The van der Waals surface area contributed by atoms with Gasteiger partial charge in [0.2, 0.25) is 0 Å². The van der Waals surface area contributed by atoms with Gasteiger partial charge in [-0.2, -0.15) is 0 Å². The molecule has 4 heteroatoms. The lowest BCUT2D eigenvalue weighted by atomic mass is 9.89. The Morgan fingerprint density at radius 2 is 1.87 bits per heavy atom. The molecule has 156 valence electrons. The van der Waals surface area contributed by atoms with Crippen LogP contribution in [0.2, 0.25) is 0 Å². The summed E-state index contributed by atoms with van der Waals surface area (Å²) in [7, 11) is 0. The molecule has 31 heavy (non-hydrogen) atoms. The number of carbonyl (C=O) groups is 1. The van der Waals surface area contributed by atoms with Gasteiger partial charge in [-0.1, -0.05) is 37.3 Å². The van der Waals surface area contributed by atoms with Gasteiger partial charge in [0.05, 0.1) is 18.5 Å². The largest absolute Gasteiger partial charge is 0.467 e. The number of nitrogens with zero attached hydrogens (tertiary/aromatic N) is 1. The van der Waals surface area contributed by atoms with Crippen LogP contribution in [0.25, 0.3) is 16.9 Å². The zero-order chi connectivity index (χ0) is 21.2. The van der Waals surface area contributed by atoms with Crippen molar-refractivity contribution in [3.8, 4) is 16.9 Å². The van der Waals surface area contributed by atoms with Gasteiger partial charge < -0.3 is 14.3 Å². The first-order chi connectivity index (χ1) is 15.2. The fourth-order valence-corrected chi connectivity index (χ4v) is 4.47. The van der Waals surface area contributed by atoms with Crippen LogP contribution in [-0.4, -0.2) is 10.5 Å². The van der Waals surface area contributed by atoms with E-state index in [-0.39, 0.29) is 5.91 Å². The van der Waals surface area contributed by atoms with Crippen molar-refractivity contribution in [2.24, 2.45) is 5.92 Å². The van der Waals surface area contributed by atoms with Gasteiger partial charge >= 0.3 is 0 Å². The Morgan fingerprint density at radius 1 is 1.06 bits per heavy atom. The summed E-state index contributed by atoms with van der Waals surface area (Å²) in [5.74, 6) is 1.35. The standard InChI is InChI=1S/C27H26N2O2/c1-19-9-14-25-22(16-19)17-26(20-6-3-2-4-7-20)29(25)23-12-10-21(11-13-23)27(30)28-18-24-8-5-15-31-24/h2-8,10-13,15,17,19H,9,14,16,18H2,1H3,(H,28,30)/t19-/m0/s1. The van der Waals surface area contributed by atoms with Crippen LogP contribution in [0.1, 0.15) is 40.7 Å². The Hall–Kier alpha value is -3.53. The minimum absolute atomic E-state index is 0.102. The second-order valence-corrected chi connectivity index (χ2v) is 8.36. The first kappa shape index (κ1) is 19.4. The maximum atomic E-state index is 12.5. The molecule has 1 aliphatic carbocycles. The molecule has 0 bridgehead atoms. The summed E-state index contributed by atoms with van der Waals surface area (Å²) in [4.78, 5) is 12.5. The van der Waals surface area contributed by atoms with Gasteiger partial charge in [0.25, 0.3) is 5.91 Å². The zero-order valence-corrected chi connectivity index (χ0v) is 17.7. The van der Waals surface area contributed by atoms with E-state index in [4.69, 9.17) is 4.42 Å². The third kappa shape index (κ3) is 3.93. The molecule has 1 atom stereocenters. The molecule has 1 amide bonds. The third-order valence-electron chi connectivity index (χ3n) is 6.10. The van der Waals surface area contributed by atoms with Crippen molar-refractivity contribution in [2.45, 2.75) is 32.7 Å². The number of nitrogens with one attached hydrogen (secondary N) is 1. The minimum Gasteiger partial charge on any atom is -0.467 e. The van der Waals surface area contributed by atoms with Gasteiger partial charge in [0.1, 0.15) is 5.76 Å². The average molecular weight is 411 g/mol.